The van der Waals surface area contributed by atoms with E-state index in [-0.39, 0.29) is 0 Å². The van der Waals surface area contributed by atoms with Crippen molar-refractivity contribution in [3.05, 3.63) is 23.8 Å². The number of hydrogen-bond acceptors (Lipinski definition) is 3. The van der Waals surface area contributed by atoms with Crippen LogP contribution >= 0.6 is 0 Å². The lowest BCUT2D eigenvalue weighted by Gasteiger charge is -2.30. The predicted molar refractivity (Wildman–Crippen MR) is 79.1 cm³/mol. The highest BCUT2D eigenvalue weighted by Gasteiger charge is 2.20. The summed E-state index contributed by atoms with van der Waals surface area (Å²) in [5.41, 5.74) is 9.53. The number of aromatic nitrogens is 2. The van der Waals surface area contributed by atoms with Gasteiger partial charge in [-0.15, -0.1) is 0 Å². The minimum atomic E-state index is 0.650. The van der Waals surface area contributed by atoms with Crippen molar-refractivity contribution in [3.8, 4) is 0 Å². The van der Waals surface area contributed by atoms with Crippen LogP contribution in [-0.4, -0.2) is 34.6 Å². The standard InChI is InChI=1S/C15H22N4/c1-11-5-3-7-13-14(11)17-15(16)19(13)10-12-6-4-8-18(2)9-12/h3,5,7,12H,4,6,8-10H2,1-2H3,(H2,16,17). The molecular formula is C15H22N4. The number of para-hydroxylation sites is 1. The van der Waals surface area contributed by atoms with Crippen molar-refractivity contribution in [2.24, 2.45) is 5.92 Å². The minimum absolute atomic E-state index is 0.650. The fourth-order valence-corrected chi connectivity index (χ4v) is 3.18. The summed E-state index contributed by atoms with van der Waals surface area (Å²) in [4.78, 5) is 6.94. The summed E-state index contributed by atoms with van der Waals surface area (Å²) >= 11 is 0. The van der Waals surface area contributed by atoms with Crippen LogP contribution in [0, 0.1) is 12.8 Å². The Hall–Kier alpha value is -1.55. The molecule has 0 radical (unpaired) electrons. The maximum absolute atomic E-state index is 6.11. The number of fused-ring (bicyclic) bond motifs is 1. The number of benzene rings is 1. The van der Waals surface area contributed by atoms with Crippen LogP contribution in [-0.2, 0) is 6.54 Å². The van der Waals surface area contributed by atoms with E-state index in [9.17, 15) is 0 Å². The molecule has 0 bridgehead atoms. The lowest BCUT2D eigenvalue weighted by molar-refractivity contribution is 0.196. The zero-order valence-electron chi connectivity index (χ0n) is 11.8. The Labute approximate surface area is 114 Å². The molecule has 0 aliphatic carbocycles. The molecule has 2 aromatic rings. The van der Waals surface area contributed by atoms with E-state index < -0.39 is 0 Å². The van der Waals surface area contributed by atoms with Gasteiger partial charge in [-0.25, -0.2) is 4.98 Å². The van der Waals surface area contributed by atoms with Crippen molar-refractivity contribution in [2.75, 3.05) is 25.9 Å². The highest BCUT2D eigenvalue weighted by molar-refractivity contribution is 5.81. The van der Waals surface area contributed by atoms with Crippen molar-refractivity contribution in [1.82, 2.24) is 14.5 Å². The van der Waals surface area contributed by atoms with E-state index in [0.29, 0.717) is 11.9 Å². The lowest BCUT2D eigenvalue weighted by atomic mass is 9.98. The Bertz CT molecular complexity index is 587. The molecule has 1 aromatic heterocycles. The Morgan fingerprint density at radius 3 is 3.05 bits per heavy atom. The molecule has 0 spiro atoms. The van der Waals surface area contributed by atoms with Crippen molar-refractivity contribution >= 4 is 17.0 Å². The third-order valence-electron chi connectivity index (χ3n) is 4.17. The summed E-state index contributed by atoms with van der Waals surface area (Å²) in [6, 6.07) is 6.30. The van der Waals surface area contributed by atoms with Gasteiger partial charge in [0.15, 0.2) is 0 Å². The summed E-state index contributed by atoms with van der Waals surface area (Å²) in [6.45, 7) is 5.45. The van der Waals surface area contributed by atoms with Crippen molar-refractivity contribution in [3.63, 3.8) is 0 Å². The topological polar surface area (TPSA) is 47.1 Å². The minimum Gasteiger partial charge on any atom is -0.369 e. The second kappa shape index (κ2) is 4.85. The molecule has 0 saturated carbocycles. The number of hydrogen-bond donors (Lipinski definition) is 1. The first-order valence-electron chi connectivity index (χ1n) is 7.05. The first-order valence-corrected chi connectivity index (χ1v) is 7.05. The summed E-state index contributed by atoms with van der Waals surface area (Å²) in [5.74, 6) is 1.33. The maximum atomic E-state index is 6.11. The van der Waals surface area contributed by atoms with Gasteiger partial charge in [-0.3, -0.25) is 0 Å². The molecule has 1 atom stereocenters. The number of rotatable bonds is 2. The van der Waals surface area contributed by atoms with Gasteiger partial charge in [0.05, 0.1) is 11.0 Å². The smallest absolute Gasteiger partial charge is 0.201 e. The van der Waals surface area contributed by atoms with Gasteiger partial charge in [0.1, 0.15) is 0 Å². The van der Waals surface area contributed by atoms with E-state index >= 15 is 0 Å². The molecule has 102 valence electrons. The van der Waals surface area contributed by atoms with Crippen LogP contribution in [0.3, 0.4) is 0 Å². The van der Waals surface area contributed by atoms with Gasteiger partial charge in [0.25, 0.3) is 0 Å². The maximum Gasteiger partial charge on any atom is 0.201 e. The number of anilines is 1. The first-order chi connectivity index (χ1) is 9.15. The molecule has 1 fully saturated rings. The fourth-order valence-electron chi connectivity index (χ4n) is 3.18. The Morgan fingerprint density at radius 2 is 2.26 bits per heavy atom. The summed E-state index contributed by atoms with van der Waals surface area (Å²) in [5, 5.41) is 0. The van der Waals surface area contributed by atoms with Crippen molar-refractivity contribution < 1.29 is 0 Å². The van der Waals surface area contributed by atoms with Gasteiger partial charge in [-0.2, -0.15) is 0 Å². The molecule has 1 unspecified atom stereocenters. The van der Waals surface area contributed by atoms with Gasteiger partial charge in [-0.1, -0.05) is 12.1 Å². The molecule has 1 aliphatic heterocycles. The average Bonchev–Trinajstić information content (AvgIpc) is 2.69. The SMILES string of the molecule is Cc1cccc2c1nc(N)n2CC1CCCN(C)C1. The van der Waals surface area contributed by atoms with Gasteiger partial charge >= 0.3 is 0 Å². The molecular weight excluding hydrogens is 236 g/mol. The van der Waals surface area contributed by atoms with Crippen LogP contribution in [0.15, 0.2) is 18.2 Å². The zero-order valence-corrected chi connectivity index (χ0v) is 11.8. The van der Waals surface area contributed by atoms with E-state index in [0.717, 1.165) is 18.6 Å². The number of aryl methyl sites for hydroxylation is 1. The van der Waals surface area contributed by atoms with Crippen LogP contribution in [0.2, 0.25) is 0 Å². The normalized spacial score (nSPS) is 21.1. The van der Waals surface area contributed by atoms with Crippen LogP contribution < -0.4 is 5.73 Å². The van der Waals surface area contributed by atoms with Gasteiger partial charge in [-0.05, 0) is 50.9 Å². The second-order valence-corrected chi connectivity index (χ2v) is 5.79. The van der Waals surface area contributed by atoms with Crippen LogP contribution in [0.1, 0.15) is 18.4 Å². The van der Waals surface area contributed by atoms with Crippen molar-refractivity contribution in [2.45, 2.75) is 26.3 Å². The predicted octanol–water partition coefficient (Wildman–Crippen LogP) is 2.27. The van der Waals surface area contributed by atoms with Crippen LogP contribution in [0.4, 0.5) is 5.95 Å². The number of nitrogen functional groups attached to an aromatic ring is 1. The number of likely N-dealkylation sites (tertiary alicyclic amines) is 1. The highest BCUT2D eigenvalue weighted by Crippen LogP contribution is 2.24. The van der Waals surface area contributed by atoms with E-state index in [2.05, 4.69) is 46.6 Å². The van der Waals surface area contributed by atoms with Crippen LogP contribution in [0.25, 0.3) is 11.0 Å². The number of imidazole rings is 1. The molecule has 1 saturated heterocycles. The van der Waals surface area contributed by atoms with Crippen molar-refractivity contribution in [1.29, 1.82) is 0 Å². The van der Waals surface area contributed by atoms with E-state index in [1.165, 1.54) is 30.5 Å². The molecule has 2 heterocycles. The summed E-state index contributed by atoms with van der Waals surface area (Å²) in [7, 11) is 2.20. The molecule has 19 heavy (non-hydrogen) atoms. The largest absolute Gasteiger partial charge is 0.369 e. The zero-order chi connectivity index (χ0) is 13.4. The number of nitrogens with zero attached hydrogens (tertiary/aromatic N) is 3. The average molecular weight is 258 g/mol. The molecule has 0 amide bonds. The Morgan fingerprint density at radius 1 is 1.42 bits per heavy atom. The molecule has 1 aromatic carbocycles. The number of piperidine rings is 1. The highest BCUT2D eigenvalue weighted by atomic mass is 15.2. The summed E-state index contributed by atoms with van der Waals surface area (Å²) < 4.78 is 2.19. The molecule has 2 N–H and O–H groups in total. The lowest BCUT2D eigenvalue weighted by Crippen LogP contribution is -2.34. The van der Waals surface area contributed by atoms with E-state index in [1.807, 2.05) is 0 Å². The van der Waals surface area contributed by atoms with E-state index in [4.69, 9.17) is 5.73 Å². The second-order valence-electron chi connectivity index (χ2n) is 5.79. The Balaban J connectivity index is 1.92. The number of nitrogens with two attached hydrogens (primary N) is 1. The molecule has 1 aliphatic rings. The quantitative estimate of drug-likeness (QED) is 0.899. The van der Waals surface area contributed by atoms with Crippen LogP contribution in [0.5, 0.6) is 0 Å². The van der Waals surface area contributed by atoms with Gasteiger partial charge in [0.2, 0.25) is 5.95 Å². The first kappa shape index (κ1) is 12.5. The molecule has 4 nitrogen and oxygen atoms in total. The Kier molecular flexibility index (Phi) is 3.19. The summed E-state index contributed by atoms with van der Waals surface area (Å²) in [6.07, 6.45) is 2.57. The third kappa shape index (κ3) is 2.32. The van der Waals surface area contributed by atoms with E-state index in [1.54, 1.807) is 0 Å². The molecule has 3 rings (SSSR count). The van der Waals surface area contributed by atoms with Gasteiger partial charge < -0.3 is 15.2 Å². The van der Waals surface area contributed by atoms with Gasteiger partial charge in [0, 0.05) is 13.1 Å². The third-order valence-corrected chi connectivity index (χ3v) is 4.17. The monoisotopic (exact) mass is 258 g/mol. The molecule has 4 heteroatoms. The fraction of sp³-hybridized carbons (Fsp3) is 0.533.